The van der Waals surface area contributed by atoms with Crippen LogP contribution in [0, 0.1) is 18.4 Å². The zero-order chi connectivity index (χ0) is 11.5. The van der Waals surface area contributed by atoms with Gasteiger partial charge in [0, 0.05) is 19.4 Å². The highest BCUT2D eigenvalue weighted by atomic mass is 32.2. The van der Waals surface area contributed by atoms with E-state index in [0.717, 1.165) is 5.69 Å². The molecule has 0 radical (unpaired) electrons. The van der Waals surface area contributed by atoms with Crippen LogP contribution in [0.4, 0.5) is 0 Å². The molecule has 0 aliphatic rings. The predicted molar refractivity (Wildman–Crippen MR) is 54.8 cm³/mol. The van der Waals surface area contributed by atoms with Gasteiger partial charge in [-0.2, -0.15) is 5.26 Å². The first-order valence-electron chi connectivity index (χ1n) is 4.19. The average molecular weight is 228 g/mol. The van der Waals surface area contributed by atoms with E-state index in [1.165, 1.54) is 10.6 Å². The second-order valence-corrected chi connectivity index (χ2v) is 5.51. The molecule has 0 aromatic carbocycles. The Bertz CT molecular complexity index is 493. The molecule has 0 saturated heterocycles. The second-order valence-electron chi connectivity index (χ2n) is 3.17. The lowest BCUT2D eigenvalue weighted by Gasteiger charge is -2.14. The highest BCUT2D eigenvalue weighted by Gasteiger charge is 2.12. The van der Waals surface area contributed by atoms with Crippen molar-refractivity contribution < 1.29 is 8.73 Å². The quantitative estimate of drug-likeness (QED) is 0.720. The molecule has 0 aliphatic carbocycles. The highest BCUT2D eigenvalue weighted by molar-refractivity contribution is 7.90. The molecule has 1 aromatic heterocycles. The summed E-state index contributed by atoms with van der Waals surface area (Å²) in [5.74, 6) is 0.595. The van der Waals surface area contributed by atoms with Crippen molar-refractivity contribution in [1.29, 1.82) is 5.26 Å². The molecule has 7 heteroatoms. The average Bonchev–Trinajstić information content (AvgIpc) is 2.51. The first-order valence-corrected chi connectivity index (χ1v) is 6.07. The Morgan fingerprint density at radius 1 is 1.80 bits per heavy atom. The third-order valence-electron chi connectivity index (χ3n) is 1.84. The first kappa shape index (κ1) is 11.7. The minimum absolute atomic E-state index is 0.307. The van der Waals surface area contributed by atoms with Crippen LogP contribution in [0.15, 0.2) is 15.0 Å². The van der Waals surface area contributed by atoms with Crippen LogP contribution in [0.5, 0.6) is 0 Å². The van der Waals surface area contributed by atoms with Gasteiger partial charge in [0.25, 0.3) is 0 Å². The van der Waals surface area contributed by atoms with Crippen molar-refractivity contribution in [2.45, 2.75) is 13.5 Å². The van der Waals surface area contributed by atoms with Crippen molar-refractivity contribution in [1.82, 2.24) is 9.46 Å². The molecule has 1 aromatic rings. The summed E-state index contributed by atoms with van der Waals surface area (Å²) in [5, 5.41) is 12.1. The number of hydrogen-bond donors (Lipinski definition) is 0. The molecular formula is C8H12N4O2S. The molecule has 0 N–H and O–H groups in total. The fourth-order valence-electron chi connectivity index (χ4n) is 0.975. The van der Waals surface area contributed by atoms with Gasteiger partial charge in [-0.3, -0.25) is 0 Å². The zero-order valence-corrected chi connectivity index (χ0v) is 9.61. The fourth-order valence-corrected chi connectivity index (χ4v) is 1.63. The van der Waals surface area contributed by atoms with Gasteiger partial charge < -0.3 is 4.52 Å². The van der Waals surface area contributed by atoms with Crippen LogP contribution < -0.4 is 0 Å². The third-order valence-corrected chi connectivity index (χ3v) is 3.55. The molecule has 6 nitrogen and oxygen atoms in total. The fraction of sp³-hybridized carbons (Fsp3) is 0.500. The van der Waals surface area contributed by atoms with E-state index in [1.807, 2.05) is 0 Å². The summed E-state index contributed by atoms with van der Waals surface area (Å²) in [6.45, 7) is 2.11. The van der Waals surface area contributed by atoms with Crippen molar-refractivity contribution in [2.24, 2.45) is 4.36 Å². The van der Waals surface area contributed by atoms with Crippen LogP contribution in [-0.4, -0.2) is 27.0 Å². The Morgan fingerprint density at radius 3 is 2.93 bits per heavy atom. The van der Waals surface area contributed by atoms with E-state index in [0.29, 0.717) is 12.3 Å². The highest BCUT2D eigenvalue weighted by Crippen LogP contribution is 2.08. The standard InChI is InChI=1S/C8H12N4O2S/c1-7-4-8(14-11-7)5-12(2)15(3,13)10-6-9/h4H,5H2,1-3H3. The minimum atomic E-state index is -2.64. The maximum absolute atomic E-state index is 11.8. The van der Waals surface area contributed by atoms with Crippen LogP contribution in [0.2, 0.25) is 0 Å². The normalized spacial score (nSPS) is 14.6. The maximum Gasteiger partial charge on any atom is 0.215 e. The number of nitriles is 1. The molecular weight excluding hydrogens is 216 g/mol. The van der Waals surface area contributed by atoms with E-state index in [2.05, 4.69) is 9.52 Å². The molecule has 0 bridgehead atoms. The van der Waals surface area contributed by atoms with Gasteiger partial charge in [0.1, 0.15) is 9.92 Å². The Kier molecular flexibility index (Phi) is 3.44. The number of aryl methyl sites for hydroxylation is 1. The molecule has 0 fully saturated rings. The Labute approximate surface area is 88.8 Å². The van der Waals surface area contributed by atoms with Gasteiger partial charge in [-0.25, -0.2) is 8.51 Å². The molecule has 0 amide bonds. The number of nitrogens with zero attached hydrogens (tertiary/aromatic N) is 4. The lowest BCUT2D eigenvalue weighted by molar-refractivity contribution is 0.346. The lowest BCUT2D eigenvalue weighted by atomic mass is 10.4. The molecule has 1 rings (SSSR count). The van der Waals surface area contributed by atoms with Gasteiger partial charge in [-0.1, -0.05) is 5.16 Å². The molecule has 0 aliphatic heterocycles. The van der Waals surface area contributed by atoms with Gasteiger partial charge in [0.05, 0.1) is 12.2 Å². The van der Waals surface area contributed by atoms with E-state index < -0.39 is 9.92 Å². The topological polar surface area (TPSA) is 82.5 Å². The molecule has 1 unspecified atom stereocenters. The Hall–Kier alpha value is -1.39. The smallest absolute Gasteiger partial charge is 0.215 e. The number of hydrogen-bond acceptors (Lipinski definition) is 5. The lowest BCUT2D eigenvalue weighted by Crippen LogP contribution is -2.24. The van der Waals surface area contributed by atoms with Crippen LogP contribution in [0.1, 0.15) is 11.5 Å². The van der Waals surface area contributed by atoms with E-state index in [9.17, 15) is 4.21 Å². The van der Waals surface area contributed by atoms with Gasteiger partial charge in [0.2, 0.25) is 6.19 Å². The second kappa shape index (κ2) is 4.42. The molecule has 15 heavy (non-hydrogen) atoms. The molecule has 1 heterocycles. The predicted octanol–water partition coefficient (Wildman–Crippen LogP) is 0.909. The van der Waals surface area contributed by atoms with E-state index in [-0.39, 0.29) is 0 Å². The summed E-state index contributed by atoms with van der Waals surface area (Å²) < 4.78 is 21.5. The number of rotatable bonds is 3. The summed E-state index contributed by atoms with van der Waals surface area (Å²) in [6.07, 6.45) is 2.94. The Balaban J connectivity index is 2.81. The molecule has 0 saturated carbocycles. The SMILES string of the molecule is Cc1cc(CN(C)S(C)(=O)=NC#N)on1. The number of aromatic nitrogens is 1. The van der Waals surface area contributed by atoms with Crippen molar-refractivity contribution in [3.8, 4) is 6.19 Å². The molecule has 0 spiro atoms. The maximum atomic E-state index is 11.8. The van der Waals surface area contributed by atoms with Crippen molar-refractivity contribution in [3.63, 3.8) is 0 Å². The van der Waals surface area contributed by atoms with Crippen molar-refractivity contribution in [2.75, 3.05) is 13.3 Å². The molecule has 82 valence electrons. The van der Waals surface area contributed by atoms with Gasteiger partial charge in [0.15, 0.2) is 5.76 Å². The van der Waals surface area contributed by atoms with Crippen LogP contribution >= 0.6 is 0 Å². The summed E-state index contributed by atoms with van der Waals surface area (Å²) in [7, 11) is -1.03. The summed E-state index contributed by atoms with van der Waals surface area (Å²) in [6, 6.07) is 1.75. The monoisotopic (exact) mass is 228 g/mol. The zero-order valence-electron chi connectivity index (χ0n) is 8.80. The van der Waals surface area contributed by atoms with E-state index in [1.54, 1.807) is 26.2 Å². The minimum Gasteiger partial charge on any atom is -0.360 e. The van der Waals surface area contributed by atoms with Gasteiger partial charge >= 0.3 is 0 Å². The van der Waals surface area contributed by atoms with Crippen LogP contribution in [-0.2, 0) is 16.5 Å². The largest absolute Gasteiger partial charge is 0.360 e. The van der Waals surface area contributed by atoms with Crippen molar-refractivity contribution in [3.05, 3.63) is 17.5 Å². The molecule has 1 atom stereocenters. The summed E-state index contributed by atoms with van der Waals surface area (Å²) >= 11 is 0. The summed E-state index contributed by atoms with van der Waals surface area (Å²) in [4.78, 5) is 0. The Morgan fingerprint density at radius 2 is 2.47 bits per heavy atom. The summed E-state index contributed by atoms with van der Waals surface area (Å²) in [5.41, 5.74) is 0.762. The van der Waals surface area contributed by atoms with E-state index >= 15 is 0 Å². The third kappa shape index (κ3) is 3.04. The van der Waals surface area contributed by atoms with Crippen LogP contribution in [0.25, 0.3) is 0 Å². The van der Waals surface area contributed by atoms with Gasteiger partial charge in [-0.15, -0.1) is 4.36 Å². The first-order chi connectivity index (χ1) is 6.95. The van der Waals surface area contributed by atoms with E-state index in [4.69, 9.17) is 9.78 Å². The van der Waals surface area contributed by atoms with Crippen molar-refractivity contribution >= 4 is 9.92 Å². The van der Waals surface area contributed by atoms with Gasteiger partial charge in [-0.05, 0) is 6.92 Å². The van der Waals surface area contributed by atoms with Crippen LogP contribution in [0.3, 0.4) is 0 Å².